The van der Waals surface area contributed by atoms with Gasteiger partial charge in [-0.05, 0) is 36.8 Å². The summed E-state index contributed by atoms with van der Waals surface area (Å²) >= 11 is 6.47. The summed E-state index contributed by atoms with van der Waals surface area (Å²) in [5.41, 5.74) is 2.85. The number of nitrogens with zero attached hydrogens (tertiary/aromatic N) is 1. The van der Waals surface area contributed by atoms with Crippen molar-refractivity contribution in [2.75, 3.05) is 10.6 Å². The van der Waals surface area contributed by atoms with E-state index in [-0.39, 0.29) is 22.9 Å². The monoisotopic (exact) mass is 394 g/mol. The molecule has 0 spiro atoms. The summed E-state index contributed by atoms with van der Waals surface area (Å²) in [5.74, 6) is -0.0180. The van der Waals surface area contributed by atoms with Crippen LogP contribution in [0.25, 0.3) is 0 Å². The van der Waals surface area contributed by atoms with Crippen LogP contribution in [0.4, 0.5) is 17.2 Å². The summed E-state index contributed by atoms with van der Waals surface area (Å²) in [5, 5.41) is 23.2. The van der Waals surface area contributed by atoms with Crippen LogP contribution < -0.4 is 10.6 Å². The van der Waals surface area contributed by atoms with Crippen LogP contribution in [0.3, 0.4) is 0 Å². The van der Waals surface area contributed by atoms with Crippen LogP contribution >= 0.6 is 11.6 Å². The van der Waals surface area contributed by atoms with E-state index >= 15 is 0 Å². The molecule has 0 aliphatic heterocycles. The van der Waals surface area contributed by atoms with Gasteiger partial charge in [0.2, 0.25) is 0 Å². The molecule has 142 valence electrons. The second kappa shape index (κ2) is 8.65. The number of anilines is 3. The minimum absolute atomic E-state index is 0.0676. The van der Waals surface area contributed by atoms with Crippen LogP contribution in [0.1, 0.15) is 28.4 Å². The Morgan fingerprint density at radius 3 is 2.39 bits per heavy atom. The molecule has 0 aliphatic carbocycles. The molecule has 0 saturated carbocycles. The number of nitrogens with one attached hydrogen (secondary N) is 3. The fourth-order valence-electron chi connectivity index (χ4n) is 2.63. The number of para-hydroxylation sites is 1. The maximum Gasteiger partial charge on any atom is 0.258 e. The maximum atomic E-state index is 12.7. The molecule has 1 aromatic heterocycles. The molecule has 0 fully saturated rings. The Morgan fingerprint density at radius 2 is 1.79 bits per heavy atom. The van der Waals surface area contributed by atoms with Gasteiger partial charge in [-0.2, -0.15) is 0 Å². The molecule has 4 N–H and O–H groups in total. The number of carbonyl (C=O) groups is 1. The smallest absolute Gasteiger partial charge is 0.258 e. The summed E-state index contributed by atoms with van der Waals surface area (Å²) in [4.78, 5) is 17.0. The highest BCUT2D eigenvalue weighted by Gasteiger charge is 2.20. The fraction of sp³-hybridized carbons (Fsp3) is 0.0952. The van der Waals surface area contributed by atoms with Gasteiger partial charge in [0.05, 0.1) is 22.8 Å². The lowest BCUT2D eigenvalue weighted by Gasteiger charge is -2.15. The van der Waals surface area contributed by atoms with Gasteiger partial charge in [0, 0.05) is 23.3 Å². The Hall–Kier alpha value is -3.22. The molecule has 2 aromatic carbocycles. The Morgan fingerprint density at radius 1 is 1.11 bits per heavy atom. The molecule has 7 heteroatoms. The second-order valence-corrected chi connectivity index (χ2v) is 6.51. The summed E-state index contributed by atoms with van der Waals surface area (Å²) in [6, 6.07) is 16.2. The standard InChI is InChI=1S/C21H19ClN4O2/c1-13(23)18-19(22)17(11-24-20(18)25-15-5-3-2-4-6-15)21(28)26-16-9-7-14(12-27)8-10-16/h2-11,23,27H,12H2,1H3,(H,24,25)(H,26,28). The van der Waals surface area contributed by atoms with Crippen molar-refractivity contribution in [2.45, 2.75) is 13.5 Å². The zero-order chi connectivity index (χ0) is 20.1. The zero-order valence-electron chi connectivity index (χ0n) is 15.2. The van der Waals surface area contributed by atoms with E-state index in [1.165, 1.54) is 6.20 Å². The van der Waals surface area contributed by atoms with Crippen LogP contribution in [0.2, 0.25) is 5.02 Å². The van der Waals surface area contributed by atoms with Crippen molar-refractivity contribution in [3.8, 4) is 0 Å². The van der Waals surface area contributed by atoms with Crippen LogP contribution in [-0.4, -0.2) is 21.7 Å². The van der Waals surface area contributed by atoms with Crippen molar-refractivity contribution in [1.82, 2.24) is 4.98 Å². The van der Waals surface area contributed by atoms with Crippen LogP contribution in [0.5, 0.6) is 0 Å². The van der Waals surface area contributed by atoms with Gasteiger partial charge in [0.1, 0.15) is 5.82 Å². The van der Waals surface area contributed by atoms with Crippen LogP contribution in [0.15, 0.2) is 60.8 Å². The number of aliphatic hydroxyl groups is 1. The predicted molar refractivity (Wildman–Crippen MR) is 112 cm³/mol. The fourth-order valence-corrected chi connectivity index (χ4v) is 3.00. The van der Waals surface area contributed by atoms with E-state index in [2.05, 4.69) is 15.6 Å². The lowest BCUT2D eigenvalue weighted by Crippen LogP contribution is -2.15. The number of carbonyl (C=O) groups excluding carboxylic acids is 1. The molecule has 28 heavy (non-hydrogen) atoms. The molecule has 0 aliphatic rings. The third kappa shape index (κ3) is 4.36. The maximum absolute atomic E-state index is 12.7. The number of aliphatic hydroxyl groups excluding tert-OH is 1. The van der Waals surface area contributed by atoms with Crippen molar-refractivity contribution in [3.63, 3.8) is 0 Å². The summed E-state index contributed by atoms with van der Waals surface area (Å²) in [6.07, 6.45) is 1.39. The van der Waals surface area contributed by atoms with Gasteiger partial charge < -0.3 is 21.1 Å². The Bertz CT molecular complexity index is 1000. The number of halogens is 1. The number of aromatic nitrogens is 1. The number of hydrogen-bond acceptors (Lipinski definition) is 5. The molecule has 0 atom stereocenters. The molecule has 0 saturated heterocycles. The Labute approximate surface area is 167 Å². The third-order valence-electron chi connectivity index (χ3n) is 4.07. The molecular formula is C21H19ClN4O2. The zero-order valence-corrected chi connectivity index (χ0v) is 15.9. The number of benzene rings is 2. The van der Waals surface area contributed by atoms with Gasteiger partial charge >= 0.3 is 0 Å². The van der Waals surface area contributed by atoms with Gasteiger partial charge in [-0.3, -0.25) is 4.79 Å². The minimum Gasteiger partial charge on any atom is -0.392 e. The van der Waals surface area contributed by atoms with Gasteiger partial charge in [0.25, 0.3) is 5.91 Å². The van der Waals surface area contributed by atoms with E-state index in [0.717, 1.165) is 11.3 Å². The average Bonchev–Trinajstić information content (AvgIpc) is 2.69. The summed E-state index contributed by atoms with van der Waals surface area (Å²) in [7, 11) is 0. The molecule has 1 amide bonds. The van der Waals surface area contributed by atoms with Gasteiger partial charge in [-0.1, -0.05) is 41.9 Å². The van der Waals surface area contributed by atoms with E-state index < -0.39 is 5.91 Å². The number of pyridine rings is 1. The van der Waals surface area contributed by atoms with E-state index in [9.17, 15) is 4.79 Å². The van der Waals surface area contributed by atoms with Crippen LogP contribution in [-0.2, 0) is 6.61 Å². The highest BCUT2D eigenvalue weighted by molar-refractivity contribution is 6.38. The number of rotatable bonds is 6. The van der Waals surface area contributed by atoms with Gasteiger partial charge in [-0.15, -0.1) is 0 Å². The molecule has 1 heterocycles. The predicted octanol–water partition coefficient (Wildman–Crippen LogP) is 4.61. The highest BCUT2D eigenvalue weighted by Crippen LogP contribution is 2.29. The van der Waals surface area contributed by atoms with Crippen molar-refractivity contribution >= 4 is 40.4 Å². The lowest BCUT2D eigenvalue weighted by molar-refractivity contribution is 0.102. The SMILES string of the molecule is CC(=N)c1c(Nc2ccccc2)ncc(C(=O)Nc2ccc(CO)cc2)c1Cl. The topological polar surface area (TPSA) is 98.1 Å². The van der Waals surface area contributed by atoms with Gasteiger partial charge in [0.15, 0.2) is 0 Å². The van der Waals surface area contributed by atoms with E-state index in [0.29, 0.717) is 17.1 Å². The molecule has 6 nitrogen and oxygen atoms in total. The van der Waals surface area contributed by atoms with Gasteiger partial charge in [-0.25, -0.2) is 4.98 Å². The molecule has 0 bridgehead atoms. The normalized spacial score (nSPS) is 10.4. The second-order valence-electron chi connectivity index (χ2n) is 6.13. The first-order chi connectivity index (χ1) is 13.5. The van der Waals surface area contributed by atoms with Crippen molar-refractivity contribution < 1.29 is 9.90 Å². The van der Waals surface area contributed by atoms with E-state index in [1.807, 2.05) is 30.3 Å². The Kier molecular flexibility index (Phi) is 6.03. The van der Waals surface area contributed by atoms with Crippen molar-refractivity contribution in [3.05, 3.63) is 82.5 Å². The molecular weight excluding hydrogens is 376 g/mol. The third-order valence-corrected chi connectivity index (χ3v) is 4.46. The lowest BCUT2D eigenvalue weighted by atomic mass is 10.1. The number of amides is 1. The molecule has 0 radical (unpaired) electrons. The van der Waals surface area contributed by atoms with E-state index in [4.69, 9.17) is 22.1 Å². The first kappa shape index (κ1) is 19.5. The Balaban J connectivity index is 1.89. The quantitative estimate of drug-likeness (QED) is 0.459. The van der Waals surface area contributed by atoms with Crippen LogP contribution in [0, 0.1) is 5.41 Å². The van der Waals surface area contributed by atoms with E-state index in [1.54, 1.807) is 31.2 Å². The first-order valence-electron chi connectivity index (χ1n) is 8.57. The largest absolute Gasteiger partial charge is 0.392 e. The first-order valence-corrected chi connectivity index (χ1v) is 8.94. The average molecular weight is 395 g/mol. The number of hydrogen-bond donors (Lipinski definition) is 4. The highest BCUT2D eigenvalue weighted by atomic mass is 35.5. The summed E-state index contributed by atoms with van der Waals surface area (Å²) < 4.78 is 0. The molecule has 3 rings (SSSR count). The summed E-state index contributed by atoms with van der Waals surface area (Å²) in [6.45, 7) is 1.52. The van der Waals surface area contributed by atoms with Crippen molar-refractivity contribution in [2.24, 2.45) is 0 Å². The molecule has 0 unspecified atom stereocenters. The molecule has 3 aromatic rings. The van der Waals surface area contributed by atoms with Crippen molar-refractivity contribution in [1.29, 1.82) is 5.41 Å². The minimum atomic E-state index is -0.428.